The number of nitrogens with zero attached hydrogens (tertiary/aromatic N) is 1. The Morgan fingerprint density at radius 1 is 1.14 bits per heavy atom. The van der Waals surface area contributed by atoms with Crippen molar-refractivity contribution in [3.8, 4) is 5.75 Å². The van der Waals surface area contributed by atoms with Crippen LogP contribution in [0.25, 0.3) is 10.8 Å². The lowest BCUT2D eigenvalue weighted by molar-refractivity contribution is -0.129. The minimum atomic E-state index is -0.617. The van der Waals surface area contributed by atoms with Gasteiger partial charge in [0.25, 0.3) is 0 Å². The zero-order valence-electron chi connectivity index (χ0n) is 20.8. The van der Waals surface area contributed by atoms with Gasteiger partial charge in [-0.1, -0.05) is 24.3 Å². The Kier molecular flexibility index (Phi) is 9.11. The molecule has 0 spiro atoms. The number of hydrogen-bond acceptors (Lipinski definition) is 8. The number of amidine groups is 1. The fourth-order valence-electron chi connectivity index (χ4n) is 3.83. The van der Waals surface area contributed by atoms with Gasteiger partial charge < -0.3 is 32.2 Å². The number of carbonyl (C=O) groups excluding carboxylic acids is 3. The molecule has 2 amide bonds. The quantitative estimate of drug-likeness (QED) is 0.0849. The number of carbonyl (C=O) groups is 3. The fraction of sp³-hybridized carbons (Fsp3) is 0.269. The number of nitrogen functional groups attached to an aromatic ring is 1. The molecule has 0 radical (unpaired) electrons. The largest absolute Gasteiger partial charge is 0.423 e. The molecule has 11 heteroatoms. The third kappa shape index (κ3) is 7.24. The first-order chi connectivity index (χ1) is 17.7. The molecule has 2 aromatic rings. The highest BCUT2D eigenvalue weighted by Crippen LogP contribution is 2.30. The van der Waals surface area contributed by atoms with E-state index in [1.54, 1.807) is 49.5 Å². The van der Waals surface area contributed by atoms with E-state index in [9.17, 15) is 14.4 Å². The van der Waals surface area contributed by atoms with Crippen molar-refractivity contribution in [1.29, 1.82) is 5.41 Å². The lowest BCUT2D eigenvalue weighted by Gasteiger charge is -2.18. The van der Waals surface area contributed by atoms with Crippen molar-refractivity contribution < 1.29 is 19.1 Å². The minimum absolute atomic E-state index is 0.0801. The van der Waals surface area contributed by atoms with E-state index >= 15 is 0 Å². The standard InChI is InChI=1S/C26H31N7O4/c1-15(34)31-9-10-32-18-5-7-20(22(12-18)33-14-30-2)26(36)37-23-8-4-16-11-17(25(28)29)3-6-19(16)21(23)13-24(27)35/h3-4,6-8,11-12,30,32H,5,9-10,13-14H2,1-2H3,(H2,27,35)(H3,28,29)(H,31,34). The topological polar surface area (TPSA) is 185 Å². The van der Waals surface area contributed by atoms with Crippen LogP contribution in [0.1, 0.15) is 24.5 Å². The molecule has 194 valence electrons. The van der Waals surface area contributed by atoms with Crippen molar-refractivity contribution in [3.63, 3.8) is 0 Å². The van der Waals surface area contributed by atoms with E-state index in [1.165, 1.54) is 6.92 Å². The fourth-order valence-corrected chi connectivity index (χ4v) is 3.83. The molecule has 0 unspecified atom stereocenters. The molecule has 3 rings (SSSR count). The summed E-state index contributed by atoms with van der Waals surface area (Å²) in [5.74, 6) is -1.17. The Labute approximate surface area is 214 Å². The number of nitrogens with two attached hydrogens (primary N) is 2. The first-order valence-electron chi connectivity index (χ1n) is 11.7. The number of allylic oxidation sites excluding steroid dienone is 2. The van der Waals surface area contributed by atoms with Crippen LogP contribution in [0.5, 0.6) is 5.75 Å². The number of fused-ring (bicyclic) bond motifs is 1. The predicted octanol–water partition coefficient (Wildman–Crippen LogP) is 0.615. The highest BCUT2D eigenvalue weighted by atomic mass is 16.5. The molecule has 37 heavy (non-hydrogen) atoms. The van der Waals surface area contributed by atoms with Crippen molar-refractivity contribution in [3.05, 3.63) is 64.9 Å². The second-order valence-electron chi connectivity index (χ2n) is 8.38. The zero-order valence-corrected chi connectivity index (χ0v) is 20.8. The summed E-state index contributed by atoms with van der Waals surface area (Å²) in [6, 6.07) is 8.45. The van der Waals surface area contributed by atoms with Gasteiger partial charge >= 0.3 is 5.97 Å². The molecule has 0 aromatic heterocycles. The number of nitrogens with one attached hydrogen (secondary N) is 4. The van der Waals surface area contributed by atoms with Gasteiger partial charge in [-0.3, -0.25) is 20.0 Å². The number of hydrogen-bond donors (Lipinski definition) is 6. The Morgan fingerprint density at radius 3 is 2.59 bits per heavy atom. The van der Waals surface area contributed by atoms with Gasteiger partial charge in [0, 0.05) is 43.3 Å². The highest BCUT2D eigenvalue weighted by molar-refractivity contribution is 6.25. The van der Waals surface area contributed by atoms with E-state index in [0.717, 1.165) is 11.1 Å². The summed E-state index contributed by atoms with van der Waals surface area (Å²) in [6.07, 6.45) is 3.81. The van der Waals surface area contributed by atoms with Gasteiger partial charge in [-0.05, 0) is 36.0 Å². The van der Waals surface area contributed by atoms with Crippen molar-refractivity contribution in [2.75, 3.05) is 26.8 Å². The van der Waals surface area contributed by atoms with Crippen LogP contribution in [0.15, 0.2) is 58.7 Å². The average molecular weight is 506 g/mol. The Hall–Kier alpha value is -4.51. The molecular formula is C26H31N7O4. The van der Waals surface area contributed by atoms with Gasteiger partial charge in [0.05, 0.1) is 24.4 Å². The number of rotatable bonds is 11. The lowest BCUT2D eigenvalue weighted by atomic mass is 9.98. The summed E-state index contributed by atoms with van der Waals surface area (Å²) in [5.41, 5.74) is 13.7. The smallest absolute Gasteiger partial charge is 0.345 e. The third-order valence-electron chi connectivity index (χ3n) is 5.54. The molecule has 0 fully saturated rings. The molecule has 1 aliphatic carbocycles. The van der Waals surface area contributed by atoms with Gasteiger partial charge in [-0.25, -0.2) is 4.79 Å². The first kappa shape index (κ1) is 27.1. The van der Waals surface area contributed by atoms with Crippen LogP contribution in [-0.2, 0) is 20.8 Å². The van der Waals surface area contributed by atoms with Crippen LogP contribution in [0.3, 0.4) is 0 Å². The molecule has 0 saturated heterocycles. The molecule has 0 aliphatic heterocycles. The summed E-state index contributed by atoms with van der Waals surface area (Å²) < 4.78 is 5.76. The van der Waals surface area contributed by atoms with E-state index in [1.807, 2.05) is 0 Å². The molecule has 8 N–H and O–H groups in total. The van der Waals surface area contributed by atoms with Crippen molar-refractivity contribution in [2.45, 2.75) is 19.8 Å². The second-order valence-corrected chi connectivity index (χ2v) is 8.38. The predicted molar refractivity (Wildman–Crippen MR) is 142 cm³/mol. The SMILES string of the molecule is CNCN=C1C=C(NCCNC(C)=O)CC=C1C(=O)Oc1ccc2cc(C(=N)N)ccc2c1CC(N)=O. The zero-order chi connectivity index (χ0) is 26.9. The van der Waals surface area contributed by atoms with Crippen LogP contribution in [0.4, 0.5) is 0 Å². The molecule has 2 aromatic carbocycles. The number of benzene rings is 2. The first-order valence-corrected chi connectivity index (χ1v) is 11.7. The van der Waals surface area contributed by atoms with E-state index < -0.39 is 11.9 Å². The van der Waals surface area contributed by atoms with Gasteiger partial charge in [-0.15, -0.1) is 0 Å². The van der Waals surface area contributed by atoms with Crippen LogP contribution in [-0.4, -0.2) is 56.1 Å². The van der Waals surface area contributed by atoms with E-state index in [0.29, 0.717) is 47.3 Å². The summed E-state index contributed by atoms with van der Waals surface area (Å²) in [6.45, 7) is 2.73. The Balaban J connectivity index is 1.86. The normalized spacial score (nSPS) is 14.1. The monoisotopic (exact) mass is 505 g/mol. The third-order valence-corrected chi connectivity index (χ3v) is 5.54. The second kappa shape index (κ2) is 12.5. The highest BCUT2D eigenvalue weighted by Gasteiger charge is 2.23. The number of amides is 2. The van der Waals surface area contributed by atoms with E-state index in [-0.39, 0.29) is 30.6 Å². The molecular weight excluding hydrogens is 474 g/mol. The van der Waals surface area contributed by atoms with E-state index in [2.05, 4.69) is 20.9 Å². The number of primary amides is 1. The Morgan fingerprint density at radius 2 is 1.92 bits per heavy atom. The van der Waals surface area contributed by atoms with Crippen molar-refractivity contribution in [2.24, 2.45) is 16.5 Å². The summed E-state index contributed by atoms with van der Waals surface area (Å²) in [5, 5.41) is 17.9. The summed E-state index contributed by atoms with van der Waals surface area (Å²) >= 11 is 0. The van der Waals surface area contributed by atoms with Gasteiger partial charge in [0.2, 0.25) is 11.8 Å². The minimum Gasteiger partial charge on any atom is -0.423 e. The van der Waals surface area contributed by atoms with Crippen LogP contribution < -0.4 is 32.2 Å². The van der Waals surface area contributed by atoms with E-state index in [4.69, 9.17) is 21.6 Å². The van der Waals surface area contributed by atoms with Gasteiger partial charge in [-0.2, -0.15) is 0 Å². The number of ether oxygens (including phenoxy) is 1. The van der Waals surface area contributed by atoms with Crippen LogP contribution in [0.2, 0.25) is 0 Å². The van der Waals surface area contributed by atoms with Gasteiger partial charge in [0.1, 0.15) is 11.6 Å². The van der Waals surface area contributed by atoms with Gasteiger partial charge in [0.15, 0.2) is 0 Å². The van der Waals surface area contributed by atoms with Crippen LogP contribution >= 0.6 is 0 Å². The molecule has 0 saturated carbocycles. The maximum absolute atomic E-state index is 13.3. The van der Waals surface area contributed by atoms with Crippen molar-refractivity contribution >= 4 is 40.1 Å². The maximum Gasteiger partial charge on any atom is 0.345 e. The average Bonchev–Trinajstić information content (AvgIpc) is 2.86. The van der Waals surface area contributed by atoms with Crippen molar-refractivity contribution in [1.82, 2.24) is 16.0 Å². The Bertz CT molecular complexity index is 1330. The molecule has 0 heterocycles. The summed E-state index contributed by atoms with van der Waals surface area (Å²) in [4.78, 5) is 40.6. The number of esters is 1. The molecule has 11 nitrogen and oxygen atoms in total. The molecule has 1 aliphatic rings. The maximum atomic E-state index is 13.3. The molecule has 0 bridgehead atoms. The lowest BCUT2D eigenvalue weighted by Crippen LogP contribution is -2.31. The number of aliphatic imine (C=N–C) groups is 1. The summed E-state index contributed by atoms with van der Waals surface area (Å²) in [7, 11) is 1.74. The van der Waals surface area contributed by atoms with Crippen LogP contribution in [0, 0.1) is 5.41 Å². The molecule has 0 atom stereocenters.